The van der Waals surface area contributed by atoms with E-state index in [0.717, 1.165) is 51.4 Å². The Morgan fingerprint density at radius 3 is 1.17 bits per heavy atom. The molecule has 12 fully saturated rings. The molecule has 0 aromatic carbocycles. The van der Waals surface area contributed by atoms with E-state index in [2.05, 4.69) is 21.3 Å². The summed E-state index contributed by atoms with van der Waals surface area (Å²) in [6, 6.07) is 0. The van der Waals surface area contributed by atoms with Gasteiger partial charge in [-0.15, -0.1) is 0 Å². The molecule has 4 aliphatic heterocycles. The molecule has 4 heterocycles. The lowest BCUT2D eigenvalue weighted by Crippen LogP contribution is -2.39. The van der Waals surface area contributed by atoms with Gasteiger partial charge in [0.2, 0.25) is 23.6 Å². The first-order valence-electron chi connectivity index (χ1n) is 36.0. The topological polar surface area (TPSA) is 389 Å². The van der Waals surface area contributed by atoms with Crippen LogP contribution in [0.2, 0.25) is 0 Å². The number of fused-ring (bicyclic) bond motifs is 4. The van der Waals surface area contributed by atoms with Crippen molar-refractivity contribution in [3.63, 3.8) is 0 Å². The molecule has 0 aromatic heterocycles. The SMILES string of the molecule is CCC(C)(C)C(=O)NCCCC(=O)OC1C2CC3C1OS(=O)(=O)C3C2.CCC(C)(C)C(=O)NCCOC(=O)COC1C2CC3C1OS(=O)(=O)C3C2.CCC(C)(C)C(=O)NCCOCOC1C2CC3C1OS(=O)(=O)C3C2.CCC(C)(C)C(=O)NCOCCCOC1C2CC3C1OS(=O)(=O)C3C2. The fourth-order valence-corrected chi connectivity index (χ4v) is 23.7. The highest BCUT2D eigenvalue weighted by Crippen LogP contribution is 2.59. The van der Waals surface area contributed by atoms with Crippen LogP contribution in [0.15, 0.2) is 0 Å². The van der Waals surface area contributed by atoms with Crippen LogP contribution in [-0.2, 0) is 119 Å². The van der Waals surface area contributed by atoms with Crippen LogP contribution in [0.25, 0.3) is 0 Å². The summed E-state index contributed by atoms with van der Waals surface area (Å²) in [7, 11) is -13.7. The van der Waals surface area contributed by atoms with Crippen LogP contribution < -0.4 is 21.3 Å². The van der Waals surface area contributed by atoms with E-state index in [-0.39, 0.29) is 163 Å². The van der Waals surface area contributed by atoms with Crippen molar-refractivity contribution in [1.29, 1.82) is 0 Å². The molecular weight excluding hydrogens is 1390 g/mol. The number of ether oxygens (including phenoxy) is 7. The van der Waals surface area contributed by atoms with Crippen LogP contribution in [0.1, 0.15) is 179 Å². The van der Waals surface area contributed by atoms with E-state index < -0.39 is 86.1 Å². The van der Waals surface area contributed by atoms with Gasteiger partial charge in [0.25, 0.3) is 40.5 Å². The van der Waals surface area contributed by atoms with E-state index in [0.29, 0.717) is 77.4 Å². The molecule has 33 heteroatoms. The van der Waals surface area contributed by atoms with E-state index in [1.54, 1.807) is 0 Å². The minimum absolute atomic E-state index is 0.0110. The van der Waals surface area contributed by atoms with Crippen LogP contribution in [0.3, 0.4) is 0 Å². The molecule has 100 heavy (non-hydrogen) atoms. The second kappa shape index (κ2) is 32.1. The number of carbonyl (C=O) groups excluding carboxylic acids is 6. The van der Waals surface area contributed by atoms with Crippen molar-refractivity contribution in [2.45, 2.75) is 249 Å². The lowest BCUT2D eigenvalue weighted by atomic mass is 9.89. The van der Waals surface area contributed by atoms with Gasteiger partial charge in [-0.25, -0.2) is 4.79 Å². The third-order valence-electron chi connectivity index (χ3n) is 23.8. The molecule has 4 saturated heterocycles. The van der Waals surface area contributed by atoms with E-state index in [1.165, 1.54) is 0 Å². The average molecular weight is 1500 g/mol. The number of carbonyl (C=O) groups is 6. The van der Waals surface area contributed by atoms with Crippen molar-refractivity contribution in [2.75, 3.05) is 66.2 Å². The van der Waals surface area contributed by atoms with Gasteiger partial charge in [0, 0.05) is 77.4 Å². The molecule has 8 bridgehead atoms. The summed E-state index contributed by atoms with van der Waals surface area (Å²) in [6.45, 7) is 25.5. The molecule has 4 amide bonds. The Morgan fingerprint density at radius 2 is 0.750 bits per heavy atom. The Labute approximate surface area is 591 Å². The molecule has 20 atom stereocenters. The maximum absolute atomic E-state index is 12.1. The zero-order valence-electron chi connectivity index (χ0n) is 60.1. The first-order valence-corrected chi connectivity index (χ1v) is 41.9. The third kappa shape index (κ3) is 17.9. The summed E-state index contributed by atoms with van der Waals surface area (Å²) in [6.07, 6.45) is 7.37. The Kier molecular flexibility index (Phi) is 25.8. The highest BCUT2D eigenvalue weighted by atomic mass is 32.2. The molecule has 0 radical (unpaired) electrons. The monoisotopic (exact) mass is 1500 g/mol. The van der Waals surface area contributed by atoms with Gasteiger partial charge in [0.15, 0.2) is 0 Å². The molecular formula is C67H110N4O25S4. The van der Waals surface area contributed by atoms with Gasteiger partial charge in [-0.1, -0.05) is 83.1 Å². The number of nitrogens with one attached hydrogen (secondary N) is 4. The summed E-state index contributed by atoms with van der Waals surface area (Å²) in [5.74, 6) is -0.0663. The number of rotatable bonds is 32. The van der Waals surface area contributed by atoms with Crippen molar-refractivity contribution in [3.8, 4) is 0 Å². The molecule has 8 saturated carbocycles. The van der Waals surface area contributed by atoms with Crippen molar-refractivity contribution in [1.82, 2.24) is 21.3 Å². The summed E-state index contributed by atoms with van der Waals surface area (Å²) in [4.78, 5) is 71.5. The fourth-order valence-electron chi connectivity index (χ4n) is 16.2. The van der Waals surface area contributed by atoms with Gasteiger partial charge in [-0.3, -0.25) is 40.7 Å². The molecule has 4 N–H and O–H groups in total. The van der Waals surface area contributed by atoms with E-state index in [1.807, 2.05) is 83.1 Å². The quantitative estimate of drug-likeness (QED) is 0.0313. The van der Waals surface area contributed by atoms with E-state index in [4.69, 9.17) is 49.9 Å². The minimum atomic E-state index is -3.49. The number of esters is 2. The Balaban J connectivity index is 0.000000156. The largest absolute Gasteiger partial charge is 0.462 e. The maximum Gasteiger partial charge on any atom is 0.332 e. The molecule has 12 aliphatic rings. The summed E-state index contributed by atoms with van der Waals surface area (Å²) in [5.41, 5.74) is -1.62. The van der Waals surface area contributed by atoms with Crippen molar-refractivity contribution in [2.24, 2.45) is 69.0 Å². The lowest BCUT2D eigenvalue weighted by molar-refractivity contribution is -0.156. The third-order valence-corrected chi connectivity index (χ3v) is 30.9. The highest BCUT2D eigenvalue weighted by Gasteiger charge is 2.68. The van der Waals surface area contributed by atoms with Crippen molar-refractivity contribution < 1.29 is 112 Å². The second-order valence-corrected chi connectivity index (χ2v) is 38.8. The maximum atomic E-state index is 12.1. The number of hydrogen-bond donors (Lipinski definition) is 4. The molecule has 29 nitrogen and oxygen atoms in total. The van der Waals surface area contributed by atoms with Crippen LogP contribution in [0.4, 0.5) is 0 Å². The normalized spacial score (nSPS) is 35.1. The minimum Gasteiger partial charge on any atom is -0.462 e. The molecule has 0 aromatic rings. The summed E-state index contributed by atoms with van der Waals surface area (Å²) >= 11 is 0. The Bertz CT molecular complexity index is 3410. The van der Waals surface area contributed by atoms with Crippen molar-refractivity contribution >= 4 is 76.0 Å². The predicted octanol–water partition coefficient (Wildman–Crippen LogP) is 4.43. The van der Waals surface area contributed by atoms with Gasteiger partial charge < -0.3 is 54.4 Å². The van der Waals surface area contributed by atoms with Gasteiger partial charge in [0.05, 0.1) is 59.1 Å². The van der Waals surface area contributed by atoms with Gasteiger partial charge in [0.1, 0.15) is 57.3 Å². The smallest absolute Gasteiger partial charge is 0.332 e. The average Bonchev–Trinajstić information content (AvgIpc) is 1.59. The van der Waals surface area contributed by atoms with Crippen molar-refractivity contribution in [3.05, 3.63) is 0 Å². The van der Waals surface area contributed by atoms with Gasteiger partial charge in [-0.05, 0) is 108 Å². The van der Waals surface area contributed by atoms with E-state index in [9.17, 15) is 62.4 Å². The highest BCUT2D eigenvalue weighted by molar-refractivity contribution is 7.88. The van der Waals surface area contributed by atoms with Crippen LogP contribution in [0, 0.1) is 69.0 Å². The van der Waals surface area contributed by atoms with E-state index >= 15 is 0 Å². The predicted molar refractivity (Wildman–Crippen MR) is 359 cm³/mol. The van der Waals surface area contributed by atoms with Crippen LogP contribution in [-0.4, -0.2) is 205 Å². The molecule has 12 rings (SSSR count). The van der Waals surface area contributed by atoms with Crippen LogP contribution >= 0.6 is 0 Å². The molecule has 20 unspecified atom stereocenters. The number of amides is 4. The second-order valence-electron chi connectivity index (χ2n) is 31.6. The first-order chi connectivity index (χ1) is 46.8. The Morgan fingerprint density at radius 1 is 0.390 bits per heavy atom. The van der Waals surface area contributed by atoms with Gasteiger partial charge in [-0.2, -0.15) is 33.7 Å². The summed E-state index contributed by atoms with van der Waals surface area (Å²) < 4.78 is 155. The zero-order valence-corrected chi connectivity index (χ0v) is 63.3. The standard InChI is InChI=1S/C17H27NO7S.C17H29NO6S.C17H27NO6S.C16H27NO6S/c1-4-17(2,3)16(20)18-5-6-23-13(19)9-24-14-10-7-11-12(8-10)26(21,22)25-15(11)14;1-4-17(2,3)16(19)18-10-22-6-5-7-23-14-11-8-12-13(9-11)25(20,21)24-15(12)14;1-4-17(2,3)16(20)18-7-5-6-13(19)23-14-10-8-11-12(9-10)25(21,22)24-15(11)14;1-4-16(2,3)15(18)17-5-6-21-9-22-13-10-7-11-12(8-10)24(19,20)23-14(11)13/h10-12,14-15H,4-9H2,1-3H3,(H,18,20);11-15H,4-10H2,1-3H3,(H,18,19);10-12,14-15H,4-9H2,1-3H3,(H,18,20);10-14H,4-9H2,1-3H3,(H,17,18). The molecule has 572 valence electrons. The Hall–Kier alpha value is -3.74. The summed E-state index contributed by atoms with van der Waals surface area (Å²) in [5, 5.41) is 9.74. The van der Waals surface area contributed by atoms with Crippen LogP contribution in [0.5, 0.6) is 0 Å². The van der Waals surface area contributed by atoms with Gasteiger partial charge >= 0.3 is 11.9 Å². The number of hydrogen-bond acceptors (Lipinski definition) is 25. The zero-order chi connectivity index (χ0) is 73.3. The fraction of sp³-hybridized carbons (Fsp3) is 0.910. The first kappa shape index (κ1) is 80.4. The molecule has 8 aliphatic carbocycles. The molecule has 0 spiro atoms. The lowest BCUT2D eigenvalue weighted by Gasteiger charge is -2.25.